The van der Waals surface area contributed by atoms with Crippen molar-refractivity contribution in [3.8, 4) is 17.1 Å². The molecule has 0 fully saturated rings. The monoisotopic (exact) mass is 501 g/mol. The first-order valence-corrected chi connectivity index (χ1v) is 13.1. The lowest BCUT2D eigenvalue weighted by Gasteiger charge is -2.14. The largest absolute Gasteiger partial charge is 0.307 e. The lowest BCUT2D eigenvalue weighted by Crippen LogP contribution is -2.21. The molecule has 0 amide bonds. The van der Waals surface area contributed by atoms with Gasteiger partial charge in [-0.05, 0) is 48.5 Å². The minimum atomic E-state index is -0.0419. The number of rotatable bonds is 3. The van der Waals surface area contributed by atoms with Crippen molar-refractivity contribution in [2.45, 2.75) is 0 Å². The molecule has 0 saturated heterocycles. The van der Waals surface area contributed by atoms with E-state index in [9.17, 15) is 4.79 Å². The van der Waals surface area contributed by atoms with E-state index in [1.54, 1.807) is 0 Å². The SMILES string of the molecule is O=c1c2c(c3ccccc3n2-c2ccccc2)c2c(c3ccccc3n2-c2ccccc2)n1-c1ccccc1. The van der Waals surface area contributed by atoms with Gasteiger partial charge in [0, 0.05) is 33.2 Å². The maximum absolute atomic E-state index is 14.8. The Hall–Kier alpha value is -5.35. The van der Waals surface area contributed by atoms with Crippen LogP contribution in [0.25, 0.3) is 60.8 Å². The molecule has 0 aliphatic carbocycles. The average Bonchev–Trinajstić information content (AvgIpc) is 3.53. The quantitative estimate of drug-likeness (QED) is 0.241. The number of para-hydroxylation sites is 5. The van der Waals surface area contributed by atoms with Crippen molar-refractivity contribution in [1.82, 2.24) is 13.7 Å². The predicted octanol–water partition coefficient (Wildman–Crippen LogP) is 8.03. The molecule has 184 valence electrons. The number of pyridine rings is 1. The minimum Gasteiger partial charge on any atom is -0.307 e. The van der Waals surface area contributed by atoms with Crippen LogP contribution >= 0.6 is 0 Å². The Bertz CT molecular complexity index is 2220. The number of hydrogen-bond acceptors (Lipinski definition) is 1. The Morgan fingerprint density at radius 3 is 1.33 bits per heavy atom. The molecule has 0 saturated carbocycles. The van der Waals surface area contributed by atoms with Crippen molar-refractivity contribution in [1.29, 1.82) is 0 Å². The summed E-state index contributed by atoms with van der Waals surface area (Å²) in [6.45, 7) is 0. The molecule has 0 unspecified atom stereocenters. The van der Waals surface area contributed by atoms with E-state index in [-0.39, 0.29) is 5.56 Å². The van der Waals surface area contributed by atoms with E-state index in [2.05, 4.69) is 81.9 Å². The van der Waals surface area contributed by atoms with Gasteiger partial charge < -0.3 is 9.13 Å². The summed E-state index contributed by atoms with van der Waals surface area (Å²) in [6.07, 6.45) is 0. The zero-order chi connectivity index (χ0) is 25.9. The molecule has 0 spiro atoms. The second-order valence-electron chi connectivity index (χ2n) is 9.77. The highest BCUT2D eigenvalue weighted by atomic mass is 16.1. The van der Waals surface area contributed by atoms with Gasteiger partial charge in [0.2, 0.25) is 0 Å². The number of nitrogens with zero attached hydrogens (tertiary/aromatic N) is 3. The van der Waals surface area contributed by atoms with E-state index in [1.807, 2.05) is 71.3 Å². The van der Waals surface area contributed by atoms with Crippen molar-refractivity contribution in [2.75, 3.05) is 0 Å². The summed E-state index contributed by atoms with van der Waals surface area (Å²) in [7, 11) is 0. The van der Waals surface area contributed by atoms with Gasteiger partial charge in [-0.15, -0.1) is 0 Å². The Labute approximate surface area is 224 Å². The summed E-state index contributed by atoms with van der Waals surface area (Å²) in [5, 5.41) is 3.05. The van der Waals surface area contributed by atoms with Gasteiger partial charge in [-0.3, -0.25) is 9.36 Å². The van der Waals surface area contributed by atoms with Crippen LogP contribution in [-0.2, 0) is 0 Å². The molecule has 0 atom stereocenters. The second-order valence-corrected chi connectivity index (χ2v) is 9.77. The zero-order valence-corrected chi connectivity index (χ0v) is 21.0. The fourth-order valence-electron chi connectivity index (χ4n) is 6.08. The van der Waals surface area contributed by atoms with Crippen LogP contribution in [0.5, 0.6) is 0 Å². The first-order chi connectivity index (χ1) is 19.3. The second kappa shape index (κ2) is 8.33. The van der Waals surface area contributed by atoms with Crippen LogP contribution in [0.3, 0.4) is 0 Å². The Balaban J connectivity index is 1.75. The fourth-order valence-corrected chi connectivity index (χ4v) is 6.08. The van der Waals surface area contributed by atoms with Crippen molar-refractivity contribution in [2.24, 2.45) is 0 Å². The smallest absolute Gasteiger partial charge is 0.280 e. The summed E-state index contributed by atoms with van der Waals surface area (Å²) < 4.78 is 6.34. The molecular weight excluding hydrogens is 478 g/mol. The van der Waals surface area contributed by atoms with Crippen LogP contribution in [0, 0.1) is 0 Å². The summed E-state index contributed by atoms with van der Waals surface area (Å²) in [4.78, 5) is 14.8. The molecule has 0 aliphatic rings. The summed E-state index contributed by atoms with van der Waals surface area (Å²) >= 11 is 0. The maximum Gasteiger partial charge on any atom is 0.280 e. The molecule has 0 bridgehead atoms. The van der Waals surface area contributed by atoms with Gasteiger partial charge in [-0.1, -0.05) is 91.0 Å². The molecule has 5 aromatic carbocycles. The highest BCUT2D eigenvalue weighted by molar-refractivity contribution is 6.25. The van der Waals surface area contributed by atoms with Crippen molar-refractivity contribution < 1.29 is 0 Å². The van der Waals surface area contributed by atoms with Crippen molar-refractivity contribution >= 4 is 43.7 Å². The van der Waals surface area contributed by atoms with Gasteiger partial charge in [0.05, 0.1) is 22.1 Å². The lowest BCUT2D eigenvalue weighted by atomic mass is 10.1. The van der Waals surface area contributed by atoms with Crippen LogP contribution < -0.4 is 5.56 Å². The highest BCUT2D eigenvalue weighted by Gasteiger charge is 2.26. The molecule has 8 aromatic rings. The van der Waals surface area contributed by atoms with Gasteiger partial charge in [0.25, 0.3) is 5.56 Å². The molecule has 3 aromatic heterocycles. The Morgan fingerprint density at radius 1 is 0.359 bits per heavy atom. The molecule has 39 heavy (non-hydrogen) atoms. The third-order valence-corrected chi connectivity index (χ3v) is 7.63. The third-order valence-electron chi connectivity index (χ3n) is 7.63. The standard InChI is InChI=1S/C35H23N3O/c39-35-34-31(27-20-10-12-22-29(27)37(34)25-16-6-2-7-17-25)33-32(38(35)26-18-8-3-9-19-26)28-21-11-13-23-30(28)36(33)24-14-4-1-5-15-24/h1-23H. The third kappa shape index (κ3) is 3.03. The topological polar surface area (TPSA) is 31.9 Å². The van der Waals surface area contributed by atoms with Gasteiger partial charge >= 0.3 is 0 Å². The molecule has 8 rings (SSSR count). The van der Waals surface area contributed by atoms with Crippen LogP contribution in [0.1, 0.15) is 0 Å². The summed E-state index contributed by atoms with van der Waals surface area (Å²) in [5.41, 5.74) is 7.48. The first kappa shape index (κ1) is 21.7. The number of hydrogen-bond donors (Lipinski definition) is 0. The van der Waals surface area contributed by atoms with E-state index in [4.69, 9.17) is 0 Å². The lowest BCUT2D eigenvalue weighted by molar-refractivity contribution is 1.04. The average molecular weight is 502 g/mol. The zero-order valence-electron chi connectivity index (χ0n) is 21.0. The van der Waals surface area contributed by atoms with Crippen LogP contribution in [0.2, 0.25) is 0 Å². The van der Waals surface area contributed by atoms with Gasteiger partial charge in [0.1, 0.15) is 5.52 Å². The summed E-state index contributed by atoms with van der Waals surface area (Å²) in [5.74, 6) is 0. The van der Waals surface area contributed by atoms with Crippen molar-refractivity contribution in [3.05, 3.63) is 150 Å². The number of fused-ring (bicyclic) bond motifs is 7. The van der Waals surface area contributed by atoms with Gasteiger partial charge in [-0.25, -0.2) is 0 Å². The number of aromatic nitrogens is 3. The van der Waals surface area contributed by atoms with Crippen LogP contribution in [0.15, 0.2) is 144 Å². The molecule has 3 heterocycles. The van der Waals surface area contributed by atoms with Gasteiger partial charge in [-0.2, -0.15) is 0 Å². The van der Waals surface area contributed by atoms with Crippen LogP contribution in [-0.4, -0.2) is 13.7 Å². The van der Waals surface area contributed by atoms with E-state index in [1.165, 1.54) is 0 Å². The first-order valence-electron chi connectivity index (χ1n) is 13.1. The predicted molar refractivity (Wildman–Crippen MR) is 161 cm³/mol. The highest BCUT2D eigenvalue weighted by Crippen LogP contribution is 2.41. The fraction of sp³-hybridized carbons (Fsp3) is 0. The number of benzene rings is 5. The van der Waals surface area contributed by atoms with Gasteiger partial charge in [0.15, 0.2) is 0 Å². The normalized spacial score (nSPS) is 11.7. The molecular formula is C35H23N3O. The Morgan fingerprint density at radius 2 is 0.769 bits per heavy atom. The van der Waals surface area contributed by atoms with E-state index < -0.39 is 0 Å². The molecule has 0 N–H and O–H groups in total. The van der Waals surface area contributed by atoms with E-state index in [0.717, 1.165) is 55.3 Å². The molecule has 4 nitrogen and oxygen atoms in total. The molecule has 0 radical (unpaired) electrons. The Kier molecular flexibility index (Phi) is 4.64. The van der Waals surface area contributed by atoms with Crippen LogP contribution in [0.4, 0.5) is 0 Å². The molecule has 4 heteroatoms. The minimum absolute atomic E-state index is 0.0419. The maximum atomic E-state index is 14.8. The van der Waals surface area contributed by atoms with Crippen molar-refractivity contribution in [3.63, 3.8) is 0 Å². The van der Waals surface area contributed by atoms with E-state index >= 15 is 0 Å². The van der Waals surface area contributed by atoms with E-state index in [0.29, 0.717) is 5.52 Å². The molecule has 0 aliphatic heterocycles. The summed E-state index contributed by atoms with van der Waals surface area (Å²) in [6, 6.07) is 47.3.